The third-order valence-corrected chi connectivity index (χ3v) is 4.88. The molecule has 0 aliphatic heterocycles. The van der Waals surface area contributed by atoms with E-state index in [4.69, 9.17) is 0 Å². The van der Waals surface area contributed by atoms with Crippen molar-refractivity contribution in [2.45, 2.75) is 72.1 Å². The Morgan fingerprint density at radius 1 is 0.481 bits per heavy atom. The van der Waals surface area contributed by atoms with Gasteiger partial charge >= 0.3 is 24.7 Å². The molecule has 0 saturated heterocycles. The van der Waals surface area contributed by atoms with E-state index in [9.17, 15) is 61.5 Å². The second-order valence-corrected chi connectivity index (χ2v) is 7.38. The first-order valence-electron chi connectivity index (χ1n) is 6.89. The molecule has 0 bridgehead atoms. The van der Waals surface area contributed by atoms with E-state index in [1.807, 2.05) is 0 Å². The molecule has 0 radical (unpaired) electrons. The molecule has 0 aromatic rings. The third-order valence-electron chi connectivity index (χ3n) is 3.64. The highest BCUT2D eigenvalue weighted by Gasteiger charge is 2.72. The first kappa shape index (κ1) is 26.8. The maximum absolute atomic E-state index is 13.4. The predicted octanol–water partition coefficient (Wildman–Crippen LogP) is 7.41. The Bertz CT molecular complexity index is 442. The number of halogens is 15. The van der Waals surface area contributed by atoms with Gasteiger partial charge in [-0.3, -0.25) is 0 Å². The summed E-state index contributed by atoms with van der Waals surface area (Å²) in [7, 11) is 0. The minimum Gasteiger partial charge on any atom is -0.224 e. The summed E-state index contributed by atoms with van der Waals surface area (Å²) in [6.07, 6.45) is -32.6. The Hall–Kier alpha value is -0.250. The zero-order valence-electron chi connectivity index (χ0n) is 12.8. The highest BCUT2D eigenvalue weighted by Crippen LogP contribution is 2.51. The van der Waals surface area contributed by atoms with Gasteiger partial charge in [-0.2, -0.15) is 52.7 Å². The summed E-state index contributed by atoms with van der Waals surface area (Å²) >= 11 is 1.14. The predicted molar refractivity (Wildman–Crippen MR) is 72.8 cm³/mol. The summed E-state index contributed by atoms with van der Waals surface area (Å²) in [4.78, 5) is 0. The third kappa shape index (κ3) is 6.11. The molecule has 1 atom stereocenters. The van der Waals surface area contributed by atoms with Gasteiger partial charge < -0.3 is 0 Å². The molecule has 27 heavy (non-hydrogen) atoms. The molecule has 0 aliphatic rings. The number of hydrogen-bond acceptors (Lipinski definition) is 0. The fourth-order valence-electron chi connectivity index (χ4n) is 1.96. The van der Waals surface area contributed by atoms with Crippen molar-refractivity contribution in [1.82, 2.24) is 0 Å². The zero-order valence-corrected chi connectivity index (χ0v) is 14.9. The lowest BCUT2D eigenvalue weighted by Crippen LogP contribution is -2.53. The molecular weight excluding hydrogens is 537 g/mol. The van der Waals surface area contributed by atoms with E-state index in [2.05, 4.69) is 0 Å². The summed E-state index contributed by atoms with van der Waals surface area (Å²) in [6, 6.07) is 0. The van der Waals surface area contributed by atoms with Gasteiger partial charge in [0.25, 0.3) is 11.3 Å². The zero-order chi connectivity index (χ0) is 22.1. The van der Waals surface area contributed by atoms with Gasteiger partial charge in [0.2, 0.25) is 0 Å². The van der Waals surface area contributed by atoms with Crippen LogP contribution in [0.5, 0.6) is 0 Å². The molecule has 0 rings (SSSR count). The van der Waals surface area contributed by atoms with Crippen LogP contribution in [0.4, 0.5) is 61.5 Å². The molecule has 15 heteroatoms. The van der Waals surface area contributed by atoms with Crippen molar-refractivity contribution >= 4 is 22.6 Å². The van der Waals surface area contributed by atoms with Gasteiger partial charge in [-0.05, 0) is 25.7 Å². The lowest BCUT2D eigenvalue weighted by atomic mass is 9.93. The van der Waals surface area contributed by atoms with Crippen molar-refractivity contribution in [2.75, 3.05) is 0 Å². The molecule has 0 spiro atoms. The van der Waals surface area contributed by atoms with Gasteiger partial charge in [-0.25, -0.2) is 8.78 Å². The van der Waals surface area contributed by atoms with Gasteiger partial charge in [-0.15, -0.1) is 0 Å². The second kappa shape index (κ2) is 8.24. The summed E-state index contributed by atoms with van der Waals surface area (Å²) in [5.74, 6) is 0. The standard InChI is InChI=1S/C12H11F14I/c13-7(9(15,16)17,10(18,19)20)4-1-2-6(27)3-5-8(14,11(21,22)23)12(24,25)26/h6H,1-5H2. The molecule has 0 aliphatic carbocycles. The van der Waals surface area contributed by atoms with Crippen molar-refractivity contribution < 1.29 is 61.5 Å². The van der Waals surface area contributed by atoms with Crippen LogP contribution in [0.3, 0.4) is 0 Å². The molecular formula is C12H11F14I. The number of rotatable bonds is 7. The Morgan fingerprint density at radius 2 is 0.778 bits per heavy atom. The molecule has 0 amide bonds. The summed E-state index contributed by atoms with van der Waals surface area (Å²) in [5.41, 5.74) is -11.1. The average molecular weight is 548 g/mol. The number of hydrogen-bond donors (Lipinski definition) is 0. The fourth-order valence-corrected chi connectivity index (χ4v) is 2.71. The largest absolute Gasteiger partial charge is 0.431 e. The first-order valence-corrected chi connectivity index (χ1v) is 8.13. The minimum absolute atomic E-state index is 0.788. The molecule has 0 N–H and O–H groups in total. The van der Waals surface area contributed by atoms with Crippen LogP contribution in [0.15, 0.2) is 0 Å². The highest BCUT2D eigenvalue weighted by molar-refractivity contribution is 14.1. The maximum atomic E-state index is 13.4. The molecule has 0 aromatic carbocycles. The van der Waals surface area contributed by atoms with Crippen molar-refractivity contribution in [3.63, 3.8) is 0 Å². The van der Waals surface area contributed by atoms with Crippen LogP contribution in [0.25, 0.3) is 0 Å². The van der Waals surface area contributed by atoms with Gasteiger partial charge in [0.15, 0.2) is 0 Å². The fraction of sp³-hybridized carbons (Fsp3) is 1.00. The summed E-state index contributed by atoms with van der Waals surface area (Å²) in [6.45, 7) is 0. The van der Waals surface area contributed by atoms with Gasteiger partial charge in [0.05, 0.1) is 0 Å². The van der Waals surface area contributed by atoms with Crippen LogP contribution < -0.4 is 0 Å². The van der Waals surface area contributed by atoms with E-state index >= 15 is 0 Å². The molecule has 164 valence electrons. The summed E-state index contributed by atoms with van der Waals surface area (Å²) < 4.78 is 173. The lowest BCUT2D eigenvalue weighted by molar-refractivity contribution is -0.344. The average Bonchev–Trinajstić information content (AvgIpc) is 2.39. The van der Waals surface area contributed by atoms with Gasteiger partial charge in [0.1, 0.15) is 0 Å². The monoisotopic (exact) mass is 548 g/mol. The van der Waals surface area contributed by atoms with Crippen molar-refractivity contribution in [1.29, 1.82) is 0 Å². The first-order chi connectivity index (χ1) is 11.6. The van der Waals surface area contributed by atoms with Gasteiger partial charge in [-0.1, -0.05) is 22.6 Å². The van der Waals surface area contributed by atoms with E-state index in [0.29, 0.717) is 0 Å². The molecule has 0 aromatic heterocycles. The molecule has 0 saturated carbocycles. The van der Waals surface area contributed by atoms with Crippen LogP contribution in [0, 0.1) is 0 Å². The number of alkyl halides is 15. The molecule has 0 fully saturated rings. The van der Waals surface area contributed by atoms with Crippen molar-refractivity contribution in [3.8, 4) is 0 Å². The Labute approximate surface area is 156 Å². The van der Waals surface area contributed by atoms with Crippen LogP contribution in [-0.4, -0.2) is 40.0 Å². The van der Waals surface area contributed by atoms with Crippen molar-refractivity contribution in [2.24, 2.45) is 0 Å². The second-order valence-electron chi connectivity index (χ2n) is 5.62. The van der Waals surface area contributed by atoms with E-state index in [1.165, 1.54) is 0 Å². The van der Waals surface area contributed by atoms with E-state index in [0.717, 1.165) is 22.6 Å². The Balaban J connectivity index is 4.93. The highest BCUT2D eigenvalue weighted by atomic mass is 127. The smallest absolute Gasteiger partial charge is 0.224 e. The van der Waals surface area contributed by atoms with Crippen molar-refractivity contribution in [3.05, 3.63) is 0 Å². The summed E-state index contributed by atoms with van der Waals surface area (Å²) in [5, 5.41) is 0. The Kier molecular flexibility index (Phi) is 8.16. The van der Waals surface area contributed by atoms with E-state index in [-0.39, 0.29) is 0 Å². The minimum atomic E-state index is -6.32. The van der Waals surface area contributed by atoms with E-state index in [1.54, 1.807) is 0 Å². The molecule has 0 heterocycles. The van der Waals surface area contributed by atoms with Gasteiger partial charge in [0, 0.05) is 10.3 Å². The van der Waals surface area contributed by atoms with Crippen LogP contribution in [0.1, 0.15) is 32.1 Å². The topological polar surface area (TPSA) is 0 Å². The normalized spacial score (nSPS) is 16.6. The van der Waals surface area contributed by atoms with E-state index < -0.39 is 72.1 Å². The Morgan fingerprint density at radius 3 is 1.07 bits per heavy atom. The molecule has 0 nitrogen and oxygen atoms in total. The van der Waals surface area contributed by atoms with Crippen LogP contribution >= 0.6 is 22.6 Å². The van der Waals surface area contributed by atoms with Crippen LogP contribution in [-0.2, 0) is 0 Å². The maximum Gasteiger partial charge on any atom is 0.431 e. The lowest BCUT2D eigenvalue weighted by Gasteiger charge is -2.31. The SMILES string of the molecule is FC(F)(F)C(F)(CCCC(I)CCC(F)(C(F)(F)F)C(F)(F)F)C(F)(F)F. The quantitative estimate of drug-likeness (QED) is 0.177. The van der Waals surface area contributed by atoms with Crippen LogP contribution in [0.2, 0.25) is 0 Å². The molecule has 1 unspecified atom stereocenters.